The van der Waals surface area contributed by atoms with Crippen LogP contribution in [0.4, 0.5) is 22.7 Å². The van der Waals surface area contributed by atoms with Gasteiger partial charge in [0.25, 0.3) is 0 Å². The van der Waals surface area contributed by atoms with Crippen molar-refractivity contribution < 1.29 is 25.8 Å². The van der Waals surface area contributed by atoms with Crippen LogP contribution < -0.4 is 14.5 Å². The Morgan fingerprint density at radius 1 is 0.471 bits per heavy atom. The van der Waals surface area contributed by atoms with E-state index < -0.39 is 0 Å². The number of nitrogens with zero attached hydrogens (tertiary/aromatic N) is 4. The van der Waals surface area contributed by atoms with Gasteiger partial charge in [-0.1, -0.05) is 166 Å². The first-order valence-electron chi connectivity index (χ1n) is 23.4. The molecule has 68 heavy (non-hydrogen) atoms. The number of ether oxygens (including phenoxy) is 1. The smallest absolute Gasteiger partial charge is 0.135 e. The molecule has 0 fully saturated rings. The summed E-state index contributed by atoms with van der Waals surface area (Å²) in [5.41, 5.74) is 13.0. The second kappa shape index (κ2) is 17.6. The van der Waals surface area contributed by atoms with Crippen molar-refractivity contribution in [1.29, 1.82) is 0 Å². The Kier molecular flexibility index (Phi) is 12.1. The summed E-state index contributed by atoms with van der Waals surface area (Å²) < 4.78 is 8.91. The molecular weight excluding hydrogens is 1010 g/mol. The van der Waals surface area contributed by atoms with Gasteiger partial charge in [-0.15, -0.1) is 48.1 Å². The summed E-state index contributed by atoms with van der Waals surface area (Å²) in [4.78, 5) is 9.48. The number of pyridine rings is 1. The minimum absolute atomic E-state index is 0. The summed E-state index contributed by atoms with van der Waals surface area (Å²) in [6.07, 6.45) is 1.91. The van der Waals surface area contributed by atoms with Crippen molar-refractivity contribution in [3.05, 3.63) is 222 Å². The predicted molar refractivity (Wildman–Crippen MR) is 279 cm³/mol. The predicted octanol–water partition coefficient (Wildman–Crippen LogP) is 16.2. The molecule has 0 radical (unpaired) electrons. The SMILES string of the molecule is CC(C)(C)c1ccnc(-n2c3[c-]c(Oc4[c-]c(N5[CH-]N(c6cc(C(C)(C)c7ccccc7)cc(C(C)(C)c7ccccc7)c6)c6cc(C(C)(C)C)ccc65)ccc4)ccc3c3ccccc32)c1.[Pt]. The van der Waals surface area contributed by atoms with Gasteiger partial charge in [0.2, 0.25) is 0 Å². The second-order valence-corrected chi connectivity index (χ2v) is 21.2. The fourth-order valence-corrected chi connectivity index (χ4v) is 9.47. The van der Waals surface area contributed by atoms with Gasteiger partial charge in [-0.2, -0.15) is 12.1 Å². The summed E-state index contributed by atoms with van der Waals surface area (Å²) in [7, 11) is 0. The molecule has 6 heteroatoms. The minimum atomic E-state index is -0.269. The standard InChI is InChI=1S/C62H59N4O.Pt/c1-59(2,3)44-28-31-55-57(37-44)65(49-35-46(61(7,8)42-20-13-11-14-21-42)34-47(36-49)62(9,10)43-22-15-12-16-23-43)41-64(55)48-24-19-25-50(39-48)67-51-29-30-53-52-26-17-18-27-54(52)66(56(53)40-51)58-38-45(32-33-63-58)60(4,5)6;/h11-38,41H,1-10H3;/q-3;. The van der Waals surface area contributed by atoms with E-state index in [1.807, 2.05) is 24.4 Å². The van der Waals surface area contributed by atoms with Gasteiger partial charge in [0, 0.05) is 72.2 Å². The van der Waals surface area contributed by atoms with Gasteiger partial charge in [-0.05, 0) is 92.1 Å². The van der Waals surface area contributed by atoms with Gasteiger partial charge in [0.15, 0.2) is 0 Å². The quantitative estimate of drug-likeness (QED) is 0.135. The van der Waals surface area contributed by atoms with Crippen LogP contribution in [0.1, 0.15) is 103 Å². The molecule has 1 aliphatic heterocycles. The van der Waals surface area contributed by atoms with E-state index in [0.717, 1.165) is 50.4 Å². The van der Waals surface area contributed by atoms with E-state index >= 15 is 0 Å². The van der Waals surface area contributed by atoms with Crippen molar-refractivity contribution in [3.63, 3.8) is 0 Å². The van der Waals surface area contributed by atoms with E-state index in [9.17, 15) is 0 Å². The Morgan fingerprint density at radius 2 is 1.07 bits per heavy atom. The second-order valence-electron chi connectivity index (χ2n) is 21.2. The molecule has 7 aromatic carbocycles. The van der Waals surface area contributed by atoms with Crippen LogP contribution in [-0.2, 0) is 42.7 Å². The van der Waals surface area contributed by atoms with Gasteiger partial charge >= 0.3 is 0 Å². The van der Waals surface area contributed by atoms with Crippen LogP contribution in [0.2, 0.25) is 0 Å². The fraction of sp³-hybridized carbons (Fsp3) is 0.226. The monoisotopic (exact) mass is 1070 g/mol. The molecule has 10 rings (SSSR count). The number of anilines is 4. The third-order valence-electron chi connectivity index (χ3n) is 13.9. The van der Waals surface area contributed by atoms with E-state index in [0.29, 0.717) is 11.5 Å². The number of benzene rings is 7. The molecule has 0 saturated heterocycles. The molecule has 5 nitrogen and oxygen atoms in total. The molecule has 0 atom stereocenters. The average molecular weight is 1070 g/mol. The van der Waals surface area contributed by atoms with Crippen molar-refractivity contribution >= 4 is 44.6 Å². The van der Waals surface area contributed by atoms with E-state index in [1.165, 1.54) is 33.4 Å². The first kappa shape index (κ1) is 46.7. The Bertz CT molecular complexity index is 3210. The molecule has 1 aliphatic rings. The van der Waals surface area contributed by atoms with E-state index in [1.54, 1.807) is 0 Å². The Morgan fingerprint density at radius 3 is 1.72 bits per heavy atom. The molecule has 0 amide bonds. The topological polar surface area (TPSA) is 33.5 Å². The van der Waals surface area contributed by atoms with Gasteiger partial charge in [0.1, 0.15) is 5.82 Å². The van der Waals surface area contributed by atoms with Crippen LogP contribution in [0.15, 0.2) is 170 Å². The number of hydrogen-bond donors (Lipinski definition) is 0. The minimum Gasteiger partial charge on any atom is -0.509 e. The zero-order chi connectivity index (χ0) is 46.9. The molecule has 2 aromatic heterocycles. The summed E-state index contributed by atoms with van der Waals surface area (Å²) in [5, 5.41) is 2.23. The van der Waals surface area contributed by atoms with Crippen LogP contribution in [0.3, 0.4) is 0 Å². The third-order valence-corrected chi connectivity index (χ3v) is 13.9. The van der Waals surface area contributed by atoms with Gasteiger partial charge in [-0.25, -0.2) is 4.98 Å². The molecule has 9 aromatic rings. The summed E-state index contributed by atoms with van der Waals surface area (Å²) in [6.45, 7) is 25.1. The maximum atomic E-state index is 6.71. The van der Waals surface area contributed by atoms with Crippen LogP contribution in [0.25, 0.3) is 27.6 Å². The molecule has 0 bridgehead atoms. The summed E-state index contributed by atoms with van der Waals surface area (Å²) in [6, 6.07) is 66.1. The van der Waals surface area contributed by atoms with Crippen molar-refractivity contribution in [2.24, 2.45) is 0 Å². The average Bonchev–Trinajstić information content (AvgIpc) is 3.87. The first-order chi connectivity index (χ1) is 32.0. The van der Waals surface area contributed by atoms with Gasteiger partial charge in [-0.3, -0.25) is 0 Å². The number of hydrogen-bond acceptors (Lipinski definition) is 4. The third kappa shape index (κ3) is 8.56. The zero-order valence-electron chi connectivity index (χ0n) is 40.8. The molecule has 0 unspecified atom stereocenters. The Labute approximate surface area is 417 Å². The molecular formula is C62H59N4OPt-3. The number of aromatic nitrogens is 2. The molecule has 3 heterocycles. The van der Waals surface area contributed by atoms with E-state index in [4.69, 9.17) is 9.72 Å². The van der Waals surface area contributed by atoms with Crippen molar-refractivity contribution in [3.8, 4) is 17.3 Å². The van der Waals surface area contributed by atoms with Crippen molar-refractivity contribution in [2.45, 2.75) is 90.9 Å². The Hall–Kier alpha value is -6.42. The van der Waals surface area contributed by atoms with Crippen LogP contribution in [0, 0.1) is 18.8 Å². The molecule has 0 N–H and O–H groups in total. The first-order valence-corrected chi connectivity index (χ1v) is 23.4. The molecule has 0 saturated carbocycles. The summed E-state index contributed by atoms with van der Waals surface area (Å²) >= 11 is 0. The van der Waals surface area contributed by atoms with E-state index in [2.05, 4.69) is 248 Å². The Balaban J connectivity index is 0.00000578. The largest absolute Gasteiger partial charge is 0.509 e. The maximum absolute atomic E-state index is 6.71. The van der Waals surface area contributed by atoms with Crippen molar-refractivity contribution in [2.75, 3.05) is 9.80 Å². The molecule has 346 valence electrons. The number of fused-ring (bicyclic) bond motifs is 4. The number of para-hydroxylation sites is 1. The van der Waals surface area contributed by atoms with Gasteiger partial charge in [0.05, 0.1) is 0 Å². The van der Waals surface area contributed by atoms with Crippen LogP contribution in [-0.4, -0.2) is 9.55 Å². The molecule has 0 spiro atoms. The van der Waals surface area contributed by atoms with Crippen LogP contribution >= 0.6 is 0 Å². The van der Waals surface area contributed by atoms with Crippen LogP contribution in [0.5, 0.6) is 11.5 Å². The van der Waals surface area contributed by atoms with E-state index in [-0.39, 0.29) is 42.7 Å². The van der Waals surface area contributed by atoms with Crippen molar-refractivity contribution in [1.82, 2.24) is 9.55 Å². The normalized spacial score (nSPS) is 13.2. The number of rotatable bonds is 9. The maximum Gasteiger partial charge on any atom is 0.135 e. The fourth-order valence-electron chi connectivity index (χ4n) is 9.47. The summed E-state index contributed by atoms with van der Waals surface area (Å²) in [5.74, 6) is 2.06. The molecule has 0 aliphatic carbocycles. The van der Waals surface area contributed by atoms with Gasteiger partial charge < -0.3 is 19.1 Å². The zero-order valence-corrected chi connectivity index (χ0v) is 43.0.